The summed E-state index contributed by atoms with van der Waals surface area (Å²) in [5.41, 5.74) is 0. The topological polar surface area (TPSA) is 46.5 Å². The first-order valence-corrected chi connectivity index (χ1v) is 9.90. The predicted molar refractivity (Wildman–Crippen MR) is 104 cm³/mol. The molecule has 3 nitrogen and oxygen atoms in total. The zero-order chi connectivity index (χ0) is 18.3. The maximum absolute atomic E-state index is 11.0. The summed E-state index contributed by atoms with van der Waals surface area (Å²) in [6.45, 7) is 2.23. The van der Waals surface area contributed by atoms with Crippen molar-refractivity contribution >= 4 is 5.97 Å². The number of methoxy groups -OCH3 is 1. The molecule has 1 aliphatic carbocycles. The number of aliphatic hydroxyl groups excluding tert-OH is 1. The van der Waals surface area contributed by atoms with Crippen LogP contribution in [0.5, 0.6) is 0 Å². The summed E-state index contributed by atoms with van der Waals surface area (Å²) in [4.78, 5) is 11.0. The van der Waals surface area contributed by atoms with Crippen LogP contribution in [0.25, 0.3) is 0 Å². The van der Waals surface area contributed by atoms with Gasteiger partial charge in [-0.3, -0.25) is 4.79 Å². The van der Waals surface area contributed by atoms with Crippen LogP contribution in [0.2, 0.25) is 0 Å². The van der Waals surface area contributed by atoms with Gasteiger partial charge in [0.05, 0.1) is 13.2 Å². The number of hydrogen-bond acceptors (Lipinski definition) is 3. The van der Waals surface area contributed by atoms with Crippen LogP contribution in [-0.2, 0) is 9.53 Å². The van der Waals surface area contributed by atoms with Crippen LogP contribution in [-0.4, -0.2) is 24.3 Å². The first-order valence-electron chi connectivity index (χ1n) is 9.90. The number of rotatable bonds is 14. The Bertz CT molecular complexity index is 437. The van der Waals surface area contributed by atoms with Crippen molar-refractivity contribution in [3.05, 3.63) is 36.5 Å². The Morgan fingerprint density at radius 1 is 1.12 bits per heavy atom. The van der Waals surface area contributed by atoms with Crippen LogP contribution >= 0.6 is 0 Å². The first-order chi connectivity index (χ1) is 12.2. The number of ether oxygens (including phenoxy) is 1. The molecule has 25 heavy (non-hydrogen) atoms. The summed E-state index contributed by atoms with van der Waals surface area (Å²) in [6, 6.07) is 0. The maximum Gasteiger partial charge on any atom is 0.305 e. The van der Waals surface area contributed by atoms with E-state index >= 15 is 0 Å². The van der Waals surface area contributed by atoms with Crippen molar-refractivity contribution in [2.45, 2.75) is 77.2 Å². The van der Waals surface area contributed by atoms with Crippen molar-refractivity contribution in [1.29, 1.82) is 0 Å². The van der Waals surface area contributed by atoms with Gasteiger partial charge in [0.1, 0.15) is 0 Å². The third-order valence-electron chi connectivity index (χ3n) is 4.75. The highest BCUT2D eigenvalue weighted by molar-refractivity contribution is 5.69. The number of carbonyl (C=O) groups excluding carboxylic acids is 1. The van der Waals surface area contributed by atoms with Crippen molar-refractivity contribution in [3.8, 4) is 0 Å². The average molecular weight is 349 g/mol. The lowest BCUT2D eigenvalue weighted by Gasteiger charge is -2.03. The normalized spacial score (nSPS) is 21.4. The molecular weight excluding hydrogens is 312 g/mol. The number of allylic oxidation sites excluding steroid dienone is 5. The molecule has 0 spiro atoms. The molecule has 0 aromatic carbocycles. The number of aliphatic hydroxyl groups is 1. The minimum atomic E-state index is -0.300. The van der Waals surface area contributed by atoms with E-state index in [0.717, 1.165) is 32.1 Å². The van der Waals surface area contributed by atoms with Gasteiger partial charge in [0, 0.05) is 6.42 Å². The van der Waals surface area contributed by atoms with Crippen molar-refractivity contribution in [2.75, 3.05) is 7.11 Å². The van der Waals surface area contributed by atoms with Gasteiger partial charge in [-0.25, -0.2) is 0 Å². The Morgan fingerprint density at radius 3 is 2.64 bits per heavy atom. The monoisotopic (exact) mass is 348 g/mol. The van der Waals surface area contributed by atoms with Gasteiger partial charge < -0.3 is 9.84 Å². The molecule has 0 saturated heterocycles. The number of unbranched alkanes of at least 4 members (excludes halogenated alkanes) is 4. The highest BCUT2D eigenvalue weighted by Crippen LogP contribution is 2.44. The zero-order valence-corrected chi connectivity index (χ0v) is 16.0. The Hall–Kier alpha value is -1.35. The lowest BCUT2D eigenvalue weighted by atomic mass is 10.1. The molecule has 0 bridgehead atoms. The molecule has 1 N–H and O–H groups in total. The number of esters is 1. The predicted octanol–water partition coefficient (Wildman–Crippen LogP) is 5.36. The van der Waals surface area contributed by atoms with E-state index in [2.05, 4.69) is 36.0 Å². The van der Waals surface area contributed by atoms with E-state index in [0.29, 0.717) is 18.3 Å². The molecule has 0 unspecified atom stereocenters. The molecular formula is C22H36O3. The fourth-order valence-electron chi connectivity index (χ4n) is 2.98. The van der Waals surface area contributed by atoms with Gasteiger partial charge in [-0.1, -0.05) is 56.2 Å². The Balaban J connectivity index is 2.04. The minimum Gasteiger partial charge on any atom is -0.469 e. The van der Waals surface area contributed by atoms with Crippen molar-refractivity contribution in [1.82, 2.24) is 0 Å². The number of carbonyl (C=O) groups is 1. The van der Waals surface area contributed by atoms with Crippen molar-refractivity contribution < 1.29 is 14.6 Å². The fourth-order valence-corrected chi connectivity index (χ4v) is 2.98. The second kappa shape index (κ2) is 13.9. The lowest BCUT2D eigenvalue weighted by Crippen LogP contribution is -2.06. The summed E-state index contributed by atoms with van der Waals surface area (Å²) in [6.07, 6.45) is 22.8. The van der Waals surface area contributed by atoms with E-state index in [1.54, 1.807) is 0 Å². The summed E-state index contributed by atoms with van der Waals surface area (Å²) >= 11 is 0. The highest BCUT2D eigenvalue weighted by Gasteiger charge is 2.40. The van der Waals surface area contributed by atoms with Crippen LogP contribution in [0.4, 0.5) is 0 Å². The van der Waals surface area contributed by atoms with E-state index in [4.69, 9.17) is 0 Å². The molecule has 1 rings (SSSR count). The Kier molecular flexibility index (Phi) is 12.0. The smallest absolute Gasteiger partial charge is 0.305 e. The SMILES string of the molecule is CCCCC/C=C\C[C@H]1C[C@@H]1[C@H](O)/C=C\C/C=C\CCCC(=O)OC. The van der Waals surface area contributed by atoms with Crippen LogP contribution in [0.1, 0.15) is 71.1 Å². The van der Waals surface area contributed by atoms with Crippen molar-refractivity contribution in [2.24, 2.45) is 11.8 Å². The minimum absolute atomic E-state index is 0.147. The van der Waals surface area contributed by atoms with Gasteiger partial charge in [0.2, 0.25) is 0 Å². The molecule has 0 amide bonds. The van der Waals surface area contributed by atoms with Crippen LogP contribution in [0.15, 0.2) is 36.5 Å². The van der Waals surface area contributed by atoms with E-state index in [-0.39, 0.29) is 12.1 Å². The molecule has 3 atom stereocenters. The van der Waals surface area contributed by atoms with Gasteiger partial charge in [-0.05, 0) is 56.8 Å². The van der Waals surface area contributed by atoms with E-state index < -0.39 is 0 Å². The van der Waals surface area contributed by atoms with Gasteiger partial charge >= 0.3 is 5.97 Å². The average Bonchev–Trinajstić information content (AvgIpc) is 3.39. The second-order valence-corrected chi connectivity index (χ2v) is 6.96. The first kappa shape index (κ1) is 21.7. The molecule has 0 radical (unpaired) electrons. The van der Waals surface area contributed by atoms with Crippen LogP contribution in [0, 0.1) is 11.8 Å². The van der Waals surface area contributed by atoms with Gasteiger partial charge in [0.25, 0.3) is 0 Å². The molecule has 0 heterocycles. The van der Waals surface area contributed by atoms with Crippen LogP contribution in [0.3, 0.4) is 0 Å². The lowest BCUT2D eigenvalue weighted by molar-refractivity contribution is -0.140. The number of hydrogen-bond donors (Lipinski definition) is 1. The molecule has 1 saturated carbocycles. The zero-order valence-electron chi connectivity index (χ0n) is 16.0. The summed E-state index contributed by atoms with van der Waals surface area (Å²) < 4.78 is 4.60. The highest BCUT2D eigenvalue weighted by atomic mass is 16.5. The van der Waals surface area contributed by atoms with Gasteiger partial charge in [-0.2, -0.15) is 0 Å². The van der Waals surface area contributed by atoms with Gasteiger partial charge in [0.15, 0.2) is 0 Å². The Morgan fingerprint density at radius 2 is 1.88 bits per heavy atom. The molecule has 0 aliphatic heterocycles. The fraction of sp³-hybridized carbons (Fsp3) is 0.682. The second-order valence-electron chi connectivity index (χ2n) is 6.96. The standard InChI is InChI=1S/C22H36O3/c1-3-4-5-6-9-12-15-19-18-20(19)21(23)16-13-10-7-8-11-14-17-22(24)25-2/h7-9,12-13,16,19-21,23H,3-6,10-11,14-15,17-18H2,1-2H3/b8-7-,12-9-,16-13-/t19-,20-,21+/m0/s1. The van der Waals surface area contributed by atoms with E-state index in [1.165, 1.54) is 32.8 Å². The summed E-state index contributed by atoms with van der Waals surface area (Å²) in [5.74, 6) is 0.961. The molecule has 3 heteroatoms. The third-order valence-corrected chi connectivity index (χ3v) is 4.75. The van der Waals surface area contributed by atoms with Gasteiger partial charge in [-0.15, -0.1) is 0 Å². The molecule has 1 fully saturated rings. The quantitative estimate of drug-likeness (QED) is 0.261. The third kappa shape index (κ3) is 11.0. The molecule has 0 aromatic rings. The van der Waals surface area contributed by atoms with E-state index in [1.807, 2.05) is 12.2 Å². The van der Waals surface area contributed by atoms with Crippen molar-refractivity contribution in [3.63, 3.8) is 0 Å². The largest absolute Gasteiger partial charge is 0.469 e. The molecule has 142 valence electrons. The molecule has 0 aromatic heterocycles. The summed E-state index contributed by atoms with van der Waals surface area (Å²) in [5, 5.41) is 10.2. The molecule has 1 aliphatic rings. The summed E-state index contributed by atoms with van der Waals surface area (Å²) in [7, 11) is 1.42. The van der Waals surface area contributed by atoms with E-state index in [9.17, 15) is 9.90 Å². The maximum atomic E-state index is 11.0. The van der Waals surface area contributed by atoms with Crippen LogP contribution < -0.4 is 0 Å². The Labute approximate surface area is 153 Å².